The van der Waals surface area contributed by atoms with Gasteiger partial charge in [-0.05, 0) is 54.7 Å². The van der Waals surface area contributed by atoms with Gasteiger partial charge in [0.05, 0.1) is 11.8 Å². The molecule has 1 aliphatic heterocycles. The summed E-state index contributed by atoms with van der Waals surface area (Å²) >= 11 is 0. The Kier molecular flexibility index (Phi) is 7.43. The molecule has 0 spiro atoms. The van der Waals surface area contributed by atoms with Crippen molar-refractivity contribution in [3.8, 4) is 17.2 Å². The number of carbonyl (C=O) groups is 1. The summed E-state index contributed by atoms with van der Waals surface area (Å²) in [5, 5.41) is 30.4. The number of nitrogens with one attached hydrogen (secondary N) is 2. The Balaban J connectivity index is 1.79. The van der Waals surface area contributed by atoms with E-state index < -0.39 is 17.6 Å². The normalized spacial score (nSPS) is 13.9. The smallest absolute Gasteiger partial charge is 0.354 e. The van der Waals surface area contributed by atoms with Gasteiger partial charge in [-0.1, -0.05) is 13.8 Å². The first-order valence-corrected chi connectivity index (χ1v) is 11.9. The minimum absolute atomic E-state index is 0.0261. The van der Waals surface area contributed by atoms with Crippen molar-refractivity contribution < 1.29 is 18.7 Å². The van der Waals surface area contributed by atoms with Crippen molar-refractivity contribution in [1.82, 2.24) is 9.97 Å². The molecule has 8 nitrogen and oxygen atoms in total. The molecular formula is C27H26F2N6O2. The Bertz CT molecular complexity index is 1380. The molecule has 1 aromatic carbocycles. The summed E-state index contributed by atoms with van der Waals surface area (Å²) in [5.41, 5.74) is 1.01. The van der Waals surface area contributed by atoms with Gasteiger partial charge in [0, 0.05) is 48.1 Å². The van der Waals surface area contributed by atoms with Crippen LogP contribution in [0, 0.1) is 40.2 Å². The first-order chi connectivity index (χ1) is 17.7. The van der Waals surface area contributed by atoms with Crippen molar-refractivity contribution >= 4 is 29.0 Å². The third kappa shape index (κ3) is 5.56. The summed E-state index contributed by atoms with van der Waals surface area (Å²) in [5.74, 6) is -2.43. The highest BCUT2D eigenvalue weighted by molar-refractivity contribution is 6.10. The topological polar surface area (TPSA) is 126 Å². The van der Waals surface area contributed by atoms with Crippen LogP contribution in [-0.2, 0) is 0 Å². The zero-order valence-corrected chi connectivity index (χ0v) is 20.4. The minimum atomic E-state index is -1.29. The number of rotatable bonds is 7. The number of carboxylic acid groups (broad SMARTS) is 1. The molecule has 1 saturated heterocycles. The molecule has 37 heavy (non-hydrogen) atoms. The Morgan fingerprint density at radius 1 is 1.22 bits per heavy atom. The van der Waals surface area contributed by atoms with Crippen LogP contribution in [0.4, 0.5) is 26.1 Å². The first kappa shape index (κ1) is 25.7. The van der Waals surface area contributed by atoms with E-state index in [1.165, 1.54) is 12.1 Å². The van der Waals surface area contributed by atoms with Crippen molar-refractivity contribution in [2.24, 2.45) is 11.8 Å². The second-order valence-corrected chi connectivity index (χ2v) is 9.20. The maximum atomic E-state index is 14.4. The number of carboxylic acids is 1. The van der Waals surface area contributed by atoms with Crippen molar-refractivity contribution in [3.05, 3.63) is 65.5 Å². The second kappa shape index (κ2) is 10.7. The van der Waals surface area contributed by atoms with Gasteiger partial charge in [-0.2, -0.15) is 5.26 Å². The Labute approximate surface area is 213 Å². The van der Waals surface area contributed by atoms with Crippen LogP contribution in [0.1, 0.15) is 42.7 Å². The van der Waals surface area contributed by atoms with E-state index in [0.717, 1.165) is 24.7 Å². The van der Waals surface area contributed by atoms with Crippen LogP contribution in [0.3, 0.4) is 0 Å². The van der Waals surface area contributed by atoms with Crippen molar-refractivity contribution in [2.75, 3.05) is 23.3 Å². The molecule has 10 heteroatoms. The minimum Gasteiger partial charge on any atom is -0.477 e. The van der Waals surface area contributed by atoms with Crippen molar-refractivity contribution in [3.63, 3.8) is 0 Å². The first-order valence-electron chi connectivity index (χ1n) is 11.9. The van der Waals surface area contributed by atoms with E-state index in [4.69, 9.17) is 10.7 Å². The zero-order valence-electron chi connectivity index (χ0n) is 20.4. The molecule has 0 saturated carbocycles. The van der Waals surface area contributed by atoms with Gasteiger partial charge in [-0.15, -0.1) is 0 Å². The number of aromatic nitrogens is 2. The highest BCUT2D eigenvalue weighted by Crippen LogP contribution is 2.34. The highest BCUT2D eigenvalue weighted by atomic mass is 19.1. The molecule has 3 heterocycles. The molecule has 190 valence electrons. The summed E-state index contributed by atoms with van der Waals surface area (Å²) < 4.78 is 27.9. The number of hydrogen-bond acceptors (Lipinski definition) is 7. The molecule has 1 fully saturated rings. The average Bonchev–Trinajstić information content (AvgIpc) is 2.89. The molecule has 3 N–H and O–H groups in total. The molecule has 4 rings (SSSR count). The maximum absolute atomic E-state index is 14.4. The standard InChI is InChI=1S/C27H26F2N6O2/c1-15(2)25(31)24-19(17-3-6-23(32-14-17)35-9-7-16(13-30)8-10-35)12-22(27(36)37)34-26(24)33-21-5-4-18(28)11-20(21)29/h3-6,11-12,14-16,31H,7-10H2,1-2H3,(H,33,34)(H,36,37). The number of halogens is 2. The molecular weight excluding hydrogens is 478 g/mol. The third-order valence-corrected chi connectivity index (χ3v) is 6.33. The van der Waals surface area contributed by atoms with Crippen LogP contribution in [-0.4, -0.2) is 39.8 Å². The van der Waals surface area contributed by atoms with E-state index in [9.17, 15) is 18.7 Å². The molecule has 1 aliphatic rings. The second-order valence-electron chi connectivity index (χ2n) is 9.20. The highest BCUT2D eigenvalue weighted by Gasteiger charge is 2.24. The maximum Gasteiger partial charge on any atom is 0.354 e. The fourth-order valence-electron chi connectivity index (χ4n) is 4.22. The molecule has 0 bridgehead atoms. The van der Waals surface area contributed by atoms with Gasteiger partial charge < -0.3 is 20.7 Å². The number of hydrogen-bond donors (Lipinski definition) is 3. The monoisotopic (exact) mass is 504 g/mol. The fourth-order valence-corrected chi connectivity index (χ4v) is 4.22. The van der Waals surface area contributed by atoms with Crippen LogP contribution < -0.4 is 10.2 Å². The Hall–Kier alpha value is -4.39. The molecule has 0 amide bonds. The molecule has 2 aromatic heterocycles. The number of piperidine rings is 1. The molecule has 3 aromatic rings. The van der Waals surface area contributed by atoms with Gasteiger partial charge in [0.1, 0.15) is 23.3 Å². The lowest BCUT2D eigenvalue weighted by atomic mass is 9.92. The number of pyridine rings is 2. The molecule has 0 radical (unpaired) electrons. The van der Waals surface area contributed by atoms with Crippen LogP contribution in [0.25, 0.3) is 11.1 Å². The van der Waals surface area contributed by atoms with E-state index in [1.54, 1.807) is 12.3 Å². The van der Waals surface area contributed by atoms with Crippen LogP contribution in [0.2, 0.25) is 0 Å². The predicted octanol–water partition coefficient (Wildman–Crippen LogP) is 5.63. The van der Waals surface area contributed by atoms with E-state index >= 15 is 0 Å². The fraction of sp³-hybridized carbons (Fsp3) is 0.296. The van der Waals surface area contributed by atoms with Gasteiger partial charge >= 0.3 is 5.97 Å². The number of anilines is 3. The van der Waals surface area contributed by atoms with E-state index in [0.29, 0.717) is 35.8 Å². The third-order valence-electron chi connectivity index (χ3n) is 6.33. The van der Waals surface area contributed by atoms with E-state index in [2.05, 4.69) is 26.3 Å². The largest absolute Gasteiger partial charge is 0.477 e. The van der Waals surface area contributed by atoms with Crippen LogP contribution in [0.15, 0.2) is 42.6 Å². The van der Waals surface area contributed by atoms with Crippen LogP contribution >= 0.6 is 0 Å². The van der Waals surface area contributed by atoms with Gasteiger partial charge in [-0.25, -0.2) is 23.5 Å². The number of nitrogens with zero attached hydrogens (tertiary/aromatic N) is 4. The Morgan fingerprint density at radius 2 is 1.95 bits per heavy atom. The predicted molar refractivity (Wildman–Crippen MR) is 136 cm³/mol. The number of benzene rings is 1. The zero-order chi connectivity index (χ0) is 26.7. The van der Waals surface area contributed by atoms with Gasteiger partial charge in [0.2, 0.25) is 0 Å². The van der Waals surface area contributed by atoms with Gasteiger partial charge in [-0.3, -0.25) is 0 Å². The summed E-state index contributed by atoms with van der Waals surface area (Å²) in [4.78, 5) is 22.7. The summed E-state index contributed by atoms with van der Waals surface area (Å²) in [6.07, 6.45) is 3.12. The van der Waals surface area contributed by atoms with Gasteiger partial charge in [0.25, 0.3) is 0 Å². The summed E-state index contributed by atoms with van der Waals surface area (Å²) in [7, 11) is 0. The van der Waals surface area contributed by atoms with Crippen molar-refractivity contribution in [1.29, 1.82) is 10.7 Å². The molecule has 0 unspecified atom stereocenters. The molecule has 0 aliphatic carbocycles. The van der Waals surface area contributed by atoms with E-state index in [1.807, 2.05) is 19.9 Å². The van der Waals surface area contributed by atoms with E-state index in [-0.39, 0.29) is 34.7 Å². The van der Waals surface area contributed by atoms with Crippen LogP contribution in [0.5, 0.6) is 0 Å². The quantitative estimate of drug-likeness (QED) is 0.356. The Morgan fingerprint density at radius 3 is 2.51 bits per heavy atom. The number of aromatic carboxylic acids is 1. The summed E-state index contributed by atoms with van der Waals surface area (Å²) in [6.45, 7) is 5.05. The molecule has 0 atom stereocenters. The van der Waals surface area contributed by atoms with Crippen molar-refractivity contribution in [2.45, 2.75) is 26.7 Å². The lowest BCUT2D eigenvalue weighted by Crippen LogP contribution is -2.33. The number of nitriles is 1. The summed E-state index contributed by atoms with van der Waals surface area (Å²) in [6, 6.07) is 10.3. The lowest BCUT2D eigenvalue weighted by Gasteiger charge is -2.30. The SMILES string of the molecule is CC(C)C(=N)c1c(-c2ccc(N3CCC(C#N)CC3)nc2)cc(C(=O)O)nc1Nc1ccc(F)cc1F. The average molecular weight is 505 g/mol. The lowest BCUT2D eigenvalue weighted by molar-refractivity contribution is 0.0690. The van der Waals surface area contributed by atoms with Gasteiger partial charge in [0.15, 0.2) is 5.69 Å².